The third-order valence-electron chi connectivity index (χ3n) is 5.73. The zero-order chi connectivity index (χ0) is 24.8. The molecule has 0 bridgehead atoms. The van der Waals surface area contributed by atoms with Crippen molar-refractivity contribution in [3.63, 3.8) is 0 Å². The van der Waals surface area contributed by atoms with Crippen LogP contribution in [0.15, 0.2) is 78.6 Å². The normalized spacial score (nSPS) is 17.0. The minimum atomic E-state index is -0.803. The molecule has 0 saturated carbocycles. The Morgan fingerprint density at radius 2 is 1.71 bits per heavy atom. The smallest absolute Gasteiger partial charge is 0.295 e. The van der Waals surface area contributed by atoms with E-state index in [2.05, 4.69) is 4.98 Å². The highest BCUT2D eigenvalue weighted by atomic mass is 16.5. The van der Waals surface area contributed by atoms with Gasteiger partial charge in [0.2, 0.25) is 0 Å². The van der Waals surface area contributed by atoms with Crippen molar-refractivity contribution in [1.29, 1.82) is 0 Å². The molecule has 1 fully saturated rings. The number of carbonyl (C=O) groups is 2. The van der Waals surface area contributed by atoms with Crippen LogP contribution in [0, 0.1) is 0 Å². The maximum atomic E-state index is 13.2. The van der Waals surface area contributed by atoms with E-state index >= 15 is 0 Å². The summed E-state index contributed by atoms with van der Waals surface area (Å²) >= 11 is 0. The van der Waals surface area contributed by atoms with Crippen LogP contribution in [0.5, 0.6) is 11.5 Å². The topological polar surface area (TPSA) is 89.0 Å². The highest BCUT2D eigenvalue weighted by Gasteiger charge is 2.46. The number of pyridine rings is 1. The number of ether oxygens (including phenoxy) is 2. The Kier molecular flexibility index (Phi) is 7.45. The lowest BCUT2D eigenvalue weighted by molar-refractivity contribution is -0.140. The summed E-state index contributed by atoms with van der Waals surface area (Å²) in [6, 6.07) is 17.2. The molecule has 2 heterocycles. The number of amides is 1. The van der Waals surface area contributed by atoms with E-state index in [-0.39, 0.29) is 17.9 Å². The van der Waals surface area contributed by atoms with Gasteiger partial charge < -0.3 is 19.5 Å². The Morgan fingerprint density at radius 1 is 0.971 bits per heavy atom. The van der Waals surface area contributed by atoms with E-state index in [9.17, 15) is 14.7 Å². The number of Topliss-reactive ketones (excluding diaryl/α,β-unsaturated/α-hetero) is 1. The van der Waals surface area contributed by atoms with Crippen molar-refractivity contribution in [2.24, 2.45) is 0 Å². The first-order chi connectivity index (χ1) is 17.0. The molecule has 1 amide bonds. The van der Waals surface area contributed by atoms with Gasteiger partial charge in [-0.15, -0.1) is 0 Å². The molecule has 0 aliphatic carbocycles. The fraction of sp³-hybridized carbons (Fsp3) is 0.250. The van der Waals surface area contributed by atoms with Gasteiger partial charge in [0.05, 0.1) is 24.8 Å². The molecule has 0 spiro atoms. The highest BCUT2D eigenvalue weighted by molar-refractivity contribution is 6.46. The van der Waals surface area contributed by atoms with Crippen LogP contribution in [0.4, 0.5) is 0 Å². The second-order valence-electron chi connectivity index (χ2n) is 8.14. The number of carbonyl (C=O) groups excluding carboxylic acids is 2. The Bertz CT molecular complexity index is 1220. The number of benzene rings is 2. The van der Waals surface area contributed by atoms with Crippen LogP contribution in [0.3, 0.4) is 0 Å². The quantitative estimate of drug-likeness (QED) is 0.271. The molecule has 2 aromatic carbocycles. The third kappa shape index (κ3) is 5.04. The summed E-state index contributed by atoms with van der Waals surface area (Å²) in [5.74, 6) is -0.530. The number of ketones is 1. The number of likely N-dealkylation sites (tertiary alicyclic amines) is 1. The molecule has 1 aliphatic heterocycles. The molecule has 1 unspecified atom stereocenters. The lowest BCUT2D eigenvalue weighted by atomic mass is 9.95. The molecular formula is C28H28N2O5. The van der Waals surface area contributed by atoms with Gasteiger partial charge in [-0.1, -0.05) is 43.3 Å². The van der Waals surface area contributed by atoms with Gasteiger partial charge in [0.25, 0.3) is 11.7 Å². The van der Waals surface area contributed by atoms with Crippen LogP contribution in [-0.2, 0) is 16.1 Å². The van der Waals surface area contributed by atoms with Gasteiger partial charge in [0, 0.05) is 24.5 Å². The van der Waals surface area contributed by atoms with E-state index < -0.39 is 17.7 Å². The van der Waals surface area contributed by atoms with Gasteiger partial charge >= 0.3 is 0 Å². The van der Waals surface area contributed by atoms with Gasteiger partial charge in [-0.25, -0.2) is 0 Å². The number of hydrogen-bond donors (Lipinski definition) is 1. The summed E-state index contributed by atoms with van der Waals surface area (Å²) in [6.07, 6.45) is 3.89. The predicted octanol–water partition coefficient (Wildman–Crippen LogP) is 4.89. The van der Waals surface area contributed by atoms with Crippen molar-refractivity contribution < 1.29 is 24.2 Å². The first-order valence-corrected chi connectivity index (χ1v) is 11.7. The van der Waals surface area contributed by atoms with Crippen molar-refractivity contribution in [3.8, 4) is 11.5 Å². The van der Waals surface area contributed by atoms with Crippen molar-refractivity contribution in [2.75, 3.05) is 13.2 Å². The van der Waals surface area contributed by atoms with E-state index in [1.165, 1.54) is 17.3 Å². The molecule has 3 aromatic rings. The standard InChI is InChI=1S/C28H28N2O5/c1-3-16-35-22-11-10-21(17-23(22)34-4-2)25-24(26(31)20-12-14-29-15-13-20)27(32)28(33)30(25)18-19-8-6-5-7-9-19/h5-15,17,25,31H,3-4,16,18H2,1-2H3/b26-24+. The minimum absolute atomic E-state index is 0.0295. The van der Waals surface area contributed by atoms with Crippen molar-refractivity contribution in [3.05, 3.63) is 95.3 Å². The average molecular weight is 473 g/mol. The van der Waals surface area contributed by atoms with Crippen LogP contribution < -0.4 is 9.47 Å². The summed E-state index contributed by atoms with van der Waals surface area (Å²) in [4.78, 5) is 31.9. The first-order valence-electron chi connectivity index (χ1n) is 11.7. The van der Waals surface area contributed by atoms with Crippen molar-refractivity contribution in [2.45, 2.75) is 32.9 Å². The van der Waals surface area contributed by atoms with Crippen LogP contribution in [0.2, 0.25) is 0 Å². The summed E-state index contributed by atoms with van der Waals surface area (Å²) in [6.45, 7) is 5.06. The maximum Gasteiger partial charge on any atom is 0.295 e. The lowest BCUT2D eigenvalue weighted by Gasteiger charge is -2.26. The molecule has 1 saturated heterocycles. The van der Waals surface area contributed by atoms with E-state index in [0.29, 0.717) is 35.8 Å². The fourth-order valence-electron chi connectivity index (χ4n) is 4.13. The second-order valence-corrected chi connectivity index (χ2v) is 8.14. The van der Waals surface area contributed by atoms with Gasteiger partial charge in [0.1, 0.15) is 5.76 Å². The zero-order valence-electron chi connectivity index (χ0n) is 19.8. The largest absolute Gasteiger partial charge is 0.507 e. The summed E-state index contributed by atoms with van der Waals surface area (Å²) in [5, 5.41) is 11.2. The van der Waals surface area contributed by atoms with Gasteiger partial charge in [-0.05, 0) is 48.7 Å². The lowest BCUT2D eigenvalue weighted by Crippen LogP contribution is -2.29. The Hall–Kier alpha value is -4.13. The van der Waals surface area contributed by atoms with Crippen molar-refractivity contribution >= 4 is 17.4 Å². The van der Waals surface area contributed by atoms with Crippen LogP contribution in [-0.4, -0.2) is 39.9 Å². The number of aromatic nitrogens is 1. The molecule has 4 rings (SSSR count). The van der Waals surface area contributed by atoms with Crippen LogP contribution in [0.25, 0.3) is 5.76 Å². The van der Waals surface area contributed by atoms with E-state index in [4.69, 9.17) is 9.47 Å². The second kappa shape index (κ2) is 10.9. The van der Waals surface area contributed by atoms with Crippen LogP contribution >= 0.6 is 0 Å². The van der Waals surface area contributed by atoms with E-state index in [1.807, 2.05) is 50.2 Å². The molecule has 1 aromatic heterocycles. The van der Waals surface area contributed by atoms with Gasteiger partial charge in [0.15, 0.2) is 11.5 Å². The van der Waals surface area contributed by atoms with E-state index in [0.717, 1.165) is 12.0 Å². The fourth-order valence-corrected chi connectivity index (χ4v) is 4.13. The molecule has 1 atom stereocenters. The molecule has 7 nitrogen and oxygen atoms in total. The van der Waals surface area contributed by atoms with Crippen LogP contribution in [0.1, 0.15) is 43.0 Å². The predicted molar refractivity (Wildman–Crippen MR) is 132 cm³/mol. The molecular weight excluding hydrogens is 444 g/mol. The minimum Gasteiger partial charge on any atom is -0.507 e. The third-order valence-corrected chi connectivity index (χ3v) is 5.73. The summed E-state index contributed by atoms with van der Waals surface area (Å²) in [7, 11) is 0. The Morgan fingerprint density at radius 3 is 2.40 bits per heavy atom. The van der Waals surface area contributed by atoms with Crippen molar-refractivity contribution in [1.82, 2.24) is 9.88 Å². The maximum absolute atomic E-state index is 13.2. The number of aliphatic hydroxyl groups is 1. The number of aliphatic hydroxyl groups excluding tert-OH is 1. The molecule has 180 valence electrons. The number of rotatable bonds is 9. The molecule has 7 heteroatoms. The van der Waals surface area contributed by atoms with E-state index in [1.54, 1.807) is 24.3 Å². The Labute approximate surface area is 204 Å². The molecule has 1 N–H and O–H groups in total. The monoisotopic (exact) mass is 472 g/mol. The highest BCUT2D eigenvalue weighted by Crippen LogP contribution is 2.42. The summed E-state index contributed by atoms with van der Waals surface area (Å²) < 4.78 is 11.6. The number of nitrogens with zero attached hydrogens (tertiary/aromatic N) is 2. The van der Waals surface area contributed by atoms with Gasteiger partial charge in [-0.2, -0.15) is 0 Å². The molecule has 1 aliphatic rings. The number of hydrogen-bond acceptors (Lipinski definition) is 6. The molecule has 35 heavy (non-hydrogen) atoms. The molecule has 0 radical (unpaired) electrons. The first kappa shape index (κ1) is 24.0. The average Bonchev–Trinajstić information content (AvgIpc) is 3.13. The summed E-state index contributed by atoms with van der Waals surface area (Å²) in [5.41, 5.74) is 1.96. The Balaban J connectivity index is 1.85. The van der Waals surface area contributed by atoms with Gasteiger partial charge in [-0.3, -0.25) is 14.6 Å². The zero-order valence-corrected chi connectivity index (χ0v) is 19.8. The SMILES string of the molecule is CCCOc1ccc(C2/C(=C(\O)c3ccncc3)C(=O)C(=O)N2Cc2ccccc2)cc1OCC.